The third-order valence-electron chi connectivity index (χ3n) is 2.79. The molecule has 1 aliphatic rings. The van der Waals surface area contributed by atoms with Crippen molar-refractivity contribution in [3.63, 3.8) is 0 Å². The van der Waals surface area contributed by atoms with Gasteiger partial charge in [-0.15, -0.1) is 0 Å². The Bertz CT molecular complexity index is 400. The molecule has 1 atom stereocenters. The van der Waals surface area contributed by atoms with Gasteiger partial charge in [0.05, 0.1) is 23.9 Å². The maximum absolute atomic E-state index is 11.7. The maximum Gasteiger partial charge on any atom is 0.251 e. The molecular formula is C10H18N2O3S. The van der Waals surface area contributed by atoms with Crippen LogP contribution >= 0.6 is 0 Å². The maximum atomic E-state index is 11.7. The molecule has 0 aromatic carbocycles. The normalized spacial score (nSPS) is 21.4. The molecule has 1 rings (SSSR count). The molecule has 1 aliphatic heterocycles. The lowest BCUT2D eigenvalue weighted by Crippen LogP contribution is -2.30. The van der Waals surface area contributed by atoms with E-state index in [2.05, 4.69) is 5.10 Å². The Morgan fingerprint density at radius 3 is 2.44 bits per heavy atom. The van der Waals surface area contributed by atoms with E-state index < -0.39 is 9.84 Å². The van der Waals surface area contributed by atoms with E-state index in [9.17, 15) is 13.2 Å². The molecule has 0 aromatic heterocycles. The summed E-state index contributed by atoms with van der Waals surface area (Å²) < 4.78 is 22.6. The van der Waals surface area contributed by atoms with Gasteiger partial charge in [0.25, 0.3) is 5.91 Å². The topological polar surface area (TPSA) is 66.8 Å². The predicted molar refractivity (Wildman–Crippen MR) is 62.9 cm³/mol. The SMILES string of the molecule is CCC1=NN(CCS(=O)(=O)CC)C(=O)C1C. The number of carbonyl (C=O) groups excluding carboxylic acids is 1. The first-order valence-electron chi connectivity index (χ1n) is 5.50. The van der Waals surface area contributed by atoms with Crippen LogP contribution in [-0.4, -0.2) is 43.1 Å². The van der Waals surface area contributed by atoms with E-state index in [1.807, 2.05) is 6.92 Å². The van der Waals surface area contributed by atoms with Crippen molar-refractivity contribution in [3.05, 3.63) is 0 Å². The molecule has 0 saturated heterocycles. The van der Waals surface area contributed by atoms with Gasteiger partial charge >= 0.3 is 0 Å². The van der Waals surface area contributed by atoms with Crippen LogP contribution in [0.25, 0.3) is 0 Å². The monoisotopic (exact) mass is 246 g/mol. The van der Waals surface area contributed by atoms with Crippen molar-refractivity contribution >= 4 is 21.5 Å². The largest absolute Gasteiger partial charge is 0.272 e. The average Bonchev–Trinajstić information content (AvgIpc) is 2.53. The van der Waals surface area contributed by atoms with E-state index in [4.69, 9.17) is 0 Å². The summed E-state index contributed by atoms with van der Waals surface area (Å²) in [6.45, 7) is 5.52. The number of amides is 1. The third kappa shape index (κ3) is 2.81. The molecule has 92 valence electrons. The summed E-state index contributed by atoms with van der Waals surface area (Å²) in [5.74, 6) is -0.199. The van der Waals surface area contributed by atoms with E-state index in [1.54, 1.807) is 13.8 Å². The number of rotatable bonds is 5. The van der Waals surface area contributed by atoms with Gasteiger partial charge in [-0.1, -0.05) is 13.8 Å². The first-order chi connectivity index (χ1) is 7.41. The third-order valence-corrected chi connectivity index (χ3v) is 4.47. The van der Waals surface area contributed by atoms with Gasteiger partial charge in [0.2, 0.25) is 0 Å². The number of carbonyl (C=O) groups is 1. The van der Waals surface area contributed by atoms with E-state index in [1.165, 1.54) is 5.01 Å². The van der Waals surface area contributed by atoms with Crippen LogP contribution in [0.3, 0.4) is 0 Å². The van der Waals surface area contributed by atoms with Gasteiger partial charge in [-0.25, -0.2) is 13.4 Å². The van der Waals surface area contributed by atoms with Crippen LogP contribution in [0.15, 0.2) is 5.10 Å². The minimum atomic E-state index is -3.04. The molecule has 0 bridgehead atoms. The van der Waals surface area contributed by atoms with E-state index in [-0.39, 0.29) is 29.9 Å². The van der Waals surface area contributed by atoms with Crippen molar-refractivity contribution in [3.8, 4) is 0 Å². The number of nitrogens with zero attached hydrogens (tertiary/aromatic N) is 2. The van der Waals surface area contributed by atoms with Crippen LogP contribution in [0.1, 0.15) is 27.2 Å². The fourth-order valence-electron chi connectivity index (χ4n) is 1.56. The number of sulfone groups is 1. The lowest BCUT2D eigenvalue weighted by molar-refractivity contribution is -0.131. The number of hydrazone groups is 1. The smallest absolute Gasteiger partial charge is 0.251 e. The van der Waals surface area contributed by atoms with Crippen molar-refractivity contribution in [2.45, 2.75) is 27.2 Å². The summed E-state index contributed by atoms with van der Waals surface area (Å²) in [6.07, 6.45) is 0.726. The standard InChI is InChI=1S/C10H18N2O3S/c1-4-9-8(3)10(13)12(11-9)6-7-16(14,15)5-2/h8H,4-7H2,1-3H3. The van der Waals surface area contributed by atoms with E-state index in [0.717, 1.165) is 12.1 Å². The van der Waals surface area contributed by atoms with Crippen molar-refractivity contribution in [1.29, 1.82) is 0 Å². The highest BCUT2D eigenvalue weighted by Crippen LogP contribution is 2.16. The van der Waals surface area contributed by atoms with Gasteiger partial charge in [-0.2, -0.15) is 5.10 Å². The molecule has 0 aromatic rings. The molecule has 6 heteroatoms. The summed E-state index contributed by atoms with van der Waals surface area (Å²) in [6, 6.07) is 0. The van der Waals surface area contributed by atoms with Crippen molar-refractivity contribution < 1.29 is 13.2 Å². The second kappa shape index (κ2) is 4.95. The molecule has 0 radical (unpaired) electrons. The van der Waals surface area contributed by atoms with Crippen LogP contribution in [0, 0.1) is 5.92 Å². The molecular weight excluding hydrogens is 228 g/mol. The summed E-state index contributed by atoms with van der Waals surface area (Å²) in [5.41, 5.74) is 0.832. The fraction of sp³-hybridized carbons (Fsp3) is 0.800. The molecule has 0 saturated carbocycles. The highest BCUT2D eigenvalue weighted by Gasteiger charge is 2.31. The van der Waals surface area contributed by atoms with Gasteiger partial charge in [0, 0.05) is 5.75 Å². The molecule has 16 heavy (non-hydrogen) atoms. The second-order valence-corrected chi connectivity index (χ2v) is 6.34. The van der Waals surface area contributed by atoms with Crippen LogP contribution in [-0.2, 0) is 14.6 Å². The Hall–Kier alpha value is -0.910. The lowest BCUT2D eigenvalue weighted by atomic mass is 10.0. The van der Waals surface area contributed by atoms with E-state index >= 15 is 0 Å². The Morgan fingerprint density at radius 1 is 1.38 bits per heavy atom. The zero-order valence-corrected chi connectivity index (χ0v) is 10.7. The summed E-state index contributed by atoms with van der Waals surface area (Å²) in [5, 5.41) is 5.43. The highest BCUT2D eigenvalue weighted by molar-refractivity contribution is 7.91. The Balaban J connectivity index is 2.64. The fourth-order valence-corrected chi connectivity index (χ4v) is 2.30. The number of hydrogen-bond acceptors (Lipinski definition) is 4. The molecule has 5 nitrogen and oxygen atoms in total. The van der Waals surface area contributed by atoms with Gasteiger partial charge in [0.1, 0.15) is 0 Å². The first-order valence-corrected chi connectivity index (χ1v) is 7.32. The van der Waals surface area contributed by atoms with Crippen LogP contribution in [0.2, 0.25) is 0 Å². The van der Waals surface area contributed by atoms with E-state index in [0.29, 0.717) is 0 Å². The van der Waals surface area contributed by atoms with Crippen molar-refractivity contribution in [1.82, 2.24) is 5.01 Å². The van der Waals surface area contributed by atoms with Gasteiger partial charge in [-0.3, -0.25) is 4.79 Å². The molecule has 0 N–H and O–H groups in total. The van der Waals surface area contributed by atoms with Crippen LogP contribution in [0.4, 0.5) is 0 Å². The Kier molecular flexibility index (Phi) is 4.07. The Morgan fingerprint density at radius 2 is 2.00 bits per heavy atom. The zero-order valence-electron chi connectivity index (χ0n) is 9.93. The molecule has 0 fully saturated rings. The lowest BCUT2D eigenvalue weighted by Gasteiger charge is -2.12. The van der Waals surface area contributed by atoms with Gasteiger partial charge in [0.15, 0.2) is 9.84 Å². The van der Waals surface area contributed by atoms with Crippen molar-refractivity contribution in [2.24, 2.45) is 11.0 Å². The molecule has 1 amide bonds. The van der Waals surface area contributed by atoms with Crippen molar-refractivity contribution in [2.75, 3.05) is 18.1 Å². The van der Waals surface area contributed by atoms with Crippen LogP contribution < -0.4 is 0 Å². The minimum absolute atomic E-state index is 0.0115. The predicted octanol–water partition coefficient (Wildman–Crippen LogP) is 0.665. The minimum Gasteiger partial charge on any atom is -0.272 e. The van der Waals surface area contributed by atoms with Crippen LogP contribution in [0.5, 0.6) is 0 Å². The summed E-state index contributed by atoms with van der Waals surface area (Å²) in [7, 11) is -3.04. The molecule has 0 aliphatic carbocycles. The summed E-state index contributed by atoms with van der Waals surface area (Å²) in [4.78, 5) is 11.7. The Labute approximate surface area is 96.4 Å². The highest BCUT2D eigenvalue weighted by atomic mass is 32.2. The second-order valence-electron chi connectivity index (χ2n) is 3.86. The molecule has 0 spiro atoms. The van der Waals surface area contributed by atoms with Gasteiger partial charge in [-0.05, 0) is 13.3 Å². The average molecular weight is 246 g/mol. The molecule has 1 unspecified atom stereocenters. The first kappa shape index (κ1) is 13.2. The quantitative estimate of drug-likeness (QED) is 0.716. The number of hydrogen-bond donors (Lipinski definition) is 0. The summed E-state index contributed by atoms with van der Waals surface area (Å²) >= 11 is 0. The zero-order chi connectivity index (χ0) is 12.3. The van der Waals surface area contributed by atoms with Gasteiger partial charge < -0.3 is 0 Å². The molecule has 1 heterocycles.